The molecule has 2 N–H and O–H groups in total. The highest BCUT2D eigenvalue weighted by molar-refractivity contribution is 7.89. The summed E-state index contributed by atoms with van der Waals surface area (Å²) < 4.78 is 27.1. The van der Waals surface area contributed by atoms with Crippen molar-refractivity contribution in [2.75, 3.05) is 13.1 Å². The molecule has 0 spiro atoms. The molecule has 1 aromatic carbocycles. The Kier molecular flexibility index (Phi) is 7.98. The highest BCUT2D eigenvalue weighted by Gasteiger charge is 2.21. The molecule has 0 aliphatic heterocycles. The molecule has 0 saturated carbocycles. The predicted molar refractivity (Wildman–Crippen MR) is 88.6 cm³/mol. The molecule has 120 valence electrons. The molecule has 1 aromatic rings. The standard InChI is InChI=1S/C14H22Cl2N2O2S/c1-3-5-9-18-21(19,20)13-7-6-12(15)11(14(13)16)10-17-8-4-2/h6-7,17-18H,3-5,8-10H2,1-2H3. The Balaban J connectivity index is 3.00. The average molecular weight is 353 g/mol. The maximum Gasteiger partial charge on any atom is 0.242 e. The van der Waals surface area contributed by atoms with E-state index in [-0.39, 0.29) is 9.92 Å². The van der Waals surface area contributed by atoms with Crippen LogP contribution in [0, 0.1) is 0 Å². The Morgan fingerprint density at radius 3 is 2.43 bits per heavy atom. The second-order valence-electron chi connectivity index (χ2n) is 4.77. The zero-order valence-electron chi connectivity index (χ0n) is 12.4. The van der Waals surface area contributed by atoms with Crippen LogP contribution in [-0.4, -0.2) is 21.5 Å². The Hall–Kier alpha value is -0.330. The SMILES string of the molecule is CCCCNS(=O)(=O)c1ccc(Cl)c(CNCCC)c1Cl. The lowest BCUT2D eigenvalue weighted by atomic mass is 10.2. The molecule has 4 nitrogen and oxygen atoms in total. The third-order valence-electron chi connectivity index (χ3n) is 2.99. The molecule has 1 rings (SSSR count). The van der Waals surface area contributed by atoms with Crippen molar-refractivity contribution in [2.45, 2.75) is 44.6 Å². The summed E-state index contributed by atoms with van der Waals surface area (Å²) in [6.45, 7) is 5.72. The van der Waals surface area contributed by atoms with Crippen molar-refractivity contribution in [1.82, 2.24) is 10.0 Å². The molecule has 0 radical (unpaired) electrons. The first-order chi connectivity index (χ1) is 9.94. The summed E-state index contributed by atoms with van der Waals surface area (Å²) in [4.78, 5) is 0.0815. The largest absolute Gasteiger partial charge is 0.313 e. The van der Waals surface area contributed by atoms with Crippen LogP contribution in [0.2, 0.25) is 10.0 Å². The van der Waals surface area contributed by atoms with Crippen molar-refractivity contribution >= 4 is 33.2 Å². The molecule has 0 aromatic heterocycles. The fourth-order valence-electron chi connectivity index (χ4n) is 1.80. The van der Waals surface area contributed by atoms with Crippen LogP contribution in [0.4, 0.5) is 0 Å². The number of nitrogens with one attached hydrogen (secondary N) is 2. The summed E-state index contributed by atoms with van der Waals surface area (Å²) >= 11 is 12.4. The third kappa shape index (κ3) is 5.42. The van der Waals surface area contributed by atoms with Gasteiger partial charge >= 0.3 is 0 Å². The number of hydrogen-bond acceptors (Lipinski definition) is 3. The van der Waals surface area contributed by atoms with Crippen LogP contribution in [-0.2, 0) is 16.6 Å². The average Bonchev–Trinajstić information content (AvgIpc) is 2.42. The molecule has 0 bridgehead atoms. The Morgan fingerprint density at radius 2 is 1.81 bits per heavy atom. The van der Waals surface area contributed by atoms with Crippen LogP contribution in [0.15, 0.2) is 17.0 Å². The minimum atomic E-state index is -3.60. The Bertz CT molecular complexity index is 562. The van der Waals surface area contributed by atoms with Crippen LogP contribution in [0.25, 0.3) is 0 Å². The van der Waals surface area contributed by atoms with E-state index in [1.165, 1.54) is 6.07 Å². The van der Waals surface area contributed by atoms with Gasteiger partial charge in [0.05, 0.1) is 5.02 Å². The maximum atomic E-state index is 12.3. The van der Waals surface area contributed by atoms with E-state index < -0.39 is 10.0 Å². The molecule has 0 heterocycles. The van der Waals surface area contributed by atoms with Crippen molar-refractivity contribution < 1.29 is 8.42 Å². The third-order valence-corrected chi connectivity index (χ3v) is 5.39. The molecule has 0 atom stereocenters. The molecule has 0 unspecified atom stereocenters. The fourth-order valence-corrected chi connectivity index (χ4v) is 3.78. The fraction of sp³-hybridized carbons (Fsp3) is 0.571. The zero-order chi connectivity index (χ0) is 15.9. The van der Waals surface area contributed by atoms with Gasteiger partial charge in [-0.05, 0) is 31.5 Å². The molecule has 0 amide bonds. The van der Waals surface area contributed by atoms with Gasteiger partial charge in [0.15, 0.2) is 0 Å². The quantitative estimate of drug-likeness (QED) is 0.668. The molecule has 7 heteroatoms. The van der Waals surface area contributed by atoms with Gasteiger partial charge in [-0.2, -0.15) is 0 Å². The van der Waals surface area contributed by atoms with Gasteiger partial charge < -0.3 is 5.32 Å². The highest BCUT2D eigenvalue weighted by atomic mass is 35.5. The van der Waals surface area contributed by atoms with Gasteiger partial charge in [0.1, 0.15) is 4.90 Å². The van der Waals surface area contributed by atoms with Gasteiger partial charge in [-0.1, -0.05) is 43.5 Å². The zero-order valence-corrected chi connectivity index (χ0v) is 14.7. The molecular formula is C14H22Cl2N2O2S. The molecule has 0 fully saturated rings. The summed E-state index contributed by atoms with van der Waals surface area (Å²) in [5.41, 5.74) is 0.616. The van der Waals surface area contributed by atoms with Gasteiger partial charge in [-0.3, -0.25) is 0 Å². The molecule has 0 aliphatic rings. The Labute approximate surface area is 137 Å². The van der Waals surface area contributed by atoms with Gasteiger partial charge in [0.2, 0.25) is 10.0 Å². The number of benzene rings is 1. The number of unbranched alkanes of at least 4 members (excludes halogenated alkanes) is 1. The topological polar surface area (TPSA) is 58.2 Å². The van der Waals surface area contributed by atoms with Gasteiger partial charge in [0, 0.05) is 23.7 Å². The summed E-state index contributed by atoms with van der Waals surface area (Å²) in [7, 11) is -3.60. The van der Waals surface area contributed by atoms with Crippen LogP contribution >= 0.6 is 23.2 Å². The van der Waals surface area contributed by atoms with E-state index in [4.69, 9.17) is 23.2 Å². The summed E-state index contributed by atoms with van der Waals surface area (Å²) in [6, 6.07) is 3.02. The van der Waals surface area contributed by atoms with E-state index in [1.807, 2.05) is 6.92 Å². The van der Waals surface area contributed by atoms with E-state index >= 15 is 0 Å². The first kappa shape index (κ1) is 18.7. The molecule has 0 aliphatic carbocycles. The summed E-state index contributed by atoms with van der Waals surface area (Å²) in [5.74, 6) is 0. The Morgan fingerprint density at radius 1 is 1.10 bits per heavy atom. The van der Waals surface area contributed by atoms with Crippen LogP contribution in [0.5, 0.6) is 0 Å². The minimum absolute atomic E-state index is 0.0815. The lowest BCUT2D eigenvalue weighted by molar-refractivity contribution is 0.578. The molecular weight excluding hydrogens is 331 g/mol. The minimum Gasteiger partial charge on any atom is -0.313 e. The maximum absolute atomic E-state index is 12.3. The van der Waals surface area contributed by atoms with Gasteiger partial charge in [-0.15, -0.1) is 0 Å². The predicted octanol–water partition coefficient (Wildman–Crippen LogP) is 3.57. The molecule has 21 heavy (non-hydrogen) atoms. The van der Waals surface area contributed by atoms with E-state index in [1.54, 1.807) is 6.07 Å². The van der Waals surface area contributed by atoms with Crippen molar-refractivity contribution in [3.05, 3.63) is 27.7 Å². The second-order valence-corrected chi connectivity index (χ2v) is 7.29. The van der Waals surface area contributed by atoms with E-state index in [0.29, 0.717) is 23.7 Å². The van der Waals surface area contributed by atoms with Gasteiger partial charge in [0.25, 0.3) is 0 Å². The first-order valence-electron chi connectivity index (χ1n) is 7.11. The number of hydrogen-bond donors (Lipinski definition) is 2. The first-order valence-corrected chi connectivity index (χ1v) is 9.35. The normalized spacial score (nSPS) is 11.8. The summed E-state index contributed by atoms with van der Waals surface area (Å²) in [5, 5.41) is 3.84. The number of halogens is 2. The van der Waals surface area contributed by atoms with Crippen molar-refractivity contribution in [3.63, 3.8) is 0 Å². The smallest absolute Gasteiger partial charge is 0.242 e. The van der Waals surface area contributed by atoms with Crippen molar-refractivity contribution in [2.24, 2.45) is 0 Å². The second kappa shape index (κ2) is 8.96. The number of sulfonamides is 1. The monoisotopic (exact) mass is 352 g/mol. The van der Waals surface area contributed by atoms with Crippen LogP contribution in [0.1, 0.15) is 38.7 Å². The summed E-state index contributed by atoms with van der Waals surface area (Å²) in [6.07, 6.45) is 2.68. The lowest BCUT2D eigenvalue weighted by Gasteiger charge is -2.13. The number of rotatable bonds is 9. The van der Waals surface area contributed by atoms with Crippen LogP contribution < -0.4 is 10.0 Å². The van der Waals surface area contributed by atoms with Gasteiger partial charge in [-0.25, -0.2) is 13.1 Å². The lowest BCUT2D eigenvalue weighted by Crippen LogP contribution is -2.25. The van der Waals surface area contributed by atoms with Crippen molar-refractivity contribution in [3.8, 4) is 0 Å². The highest BCUT2D eigenvalue weighted by Crippen LogP contribution is 2.31. The van der Waals surface area contributed by atoms with E-state index in [2.05, 4.69) is 17.0 Å². The molecule has 0 saturated heterocycles. The van der Waals surface area contributed by atoms with E-state index in [0.717, 1.165) is 25.8 Å². The van der Waals surface area contributed by atoms with E-state index in [9.17, 15) is 8.42 Å². The van der Waals surface area contributed by atoms with Crippen LogP contribution in [0.3, 0.4) is 0 Å². The van der Waals surface area contributed by atoms with Crippen molar-refractivity contribution in [1.29, 1.82) is 0 Å².